The summed E-state index contributed by atoms with van der Waals surface area (Å²) in [6.45, 7) is 4.33. The van der Waals surface area contributed by atoms with Crippen LogP contribution >= 0.6 is 0 Å². The number of pyridine rings is 1. The highest BCUT2D eigenvalue weighted by atomic mass is 16.5. The van der Waals surface area contributed by atoms with Crippen molar-refractivity contribution < 1.29 is 14.3 Å². The normalized spacial score (nSPS) is 10.7. The minimum absolute atomic E-state index is 0.127. The maximum Gasteiger partial charge on any atom is 0.255 e. The topological polar surface area (TPSA) is 80.4 Å². The molecule has 3 rings (SSSR count). The molecule has 6 nitrogen and oxygen atoms in total. The van der Waals surface area contributed by atoms with Gasteiger partial charge in [0.25, 0.3) is 11.5 Å². The first-order chi connectivity index (χ1) is 13.4. The molecule has 6 heteroatoms. The van der Waals surface area contributed by atoms with Gasteiger partial charge in [-0.2, -0.15) is 0 Å². The average molecular weight is 380 g/mol. The average Bonchev–Trinajstić information content (AvgIpc) is 2.71. The summed E-state index contributed by atoms with van der Waals surface area (Å²) in [6, 6.07) is 11.0. The van der Waals surface area contributed by atoms with Gasteiger partial charge in [-0.05, 0) is 49.6 Å². The molecule has 2 aromatic carbocycles. The molecule has 0 bridgehead atoms. The van der Waals surface area contributed by atoms with Crippen molar-refractivity contribution in [2.75, 3.05) is 20.8 Å². The van der Waals surface area contributed by atoms with Crippen LogP contribution in [0.25, 0.3) is 10.9 Å². The first kappa shape index (κ1) is 19.5. The van der Waals surface area contributed by atoms with Gasteiger partial charge in [-0.1, -0.05) is 12.1 Å². The highest BCUT2D eigenvalue weighted by molar-refractivity contribution is 5.97. The molecule has 1 amide bonds. The Hall–Kier alpha value is -3.28. The van der Waals surface area contributed by atoms with Crippen LogP contribution in [0.2, 0.25) is 0 Å². The first-order valence-electron chi connectivity index (χ1n) is 9.07. The number of hydrogen-bond donors (Lipinski definition) is 2. The summed E-state index contributed by atoms with van der Waals surface area (Å²) in [5.41, 5.74) is 3.93. The molecule has 0 fully saturated rings. The Labute approximate surface area is 163 Å². The van der Waals surface area contributed by atoms with Crippen molar-refractivity contribution >= 4 is 16.8 Å². The fraction of sp³-hybridized carbons (Fsp3) is 0.273. The quantitative estimate of drug-likeness (QED) is 0.688. The number of benzene rings is 2. The molecule has 0 spiro atoms. The second-order valence-electron chi connectivity index (χ2n) is 6.68. The van der Waals surface area contributed by atoms with Crippen LogP contribution in [-0.2, 0) is 6.42 Å². The zero-order chi connectivity index (χ0) is 20.3. The smallest absolute Gasteiger partial charge is 0.255 e. The molecule has 0 aliphatic carbocycles. The fourth-order valence-corrected chi connectivity index (χ4v) is 3.20. The molecular formula is C22H24N2O4. The third-order valence-electron chi connectivity index (χ3n) is 4.85. The predicted molar refractivity (Wildman–Crippen MR) is 110 cm³/mol. The van der Waals surface area contributed by atoms with Crippen LogP contribution in [0.4, 0.5) is 0 Å². The van der Waals surface area contributed by atoms with E-state index in [1.165, 1.54) is 7.11 Å². The van der Waals surface area contributed by atoms with Crippen LogP contribution in [0.5, 0.6) is 11.5 Å². The molecule has 0 radical (unpaired) electrons. The van der Waals surface area contributed by atoms with Crippen molar-refractivity contribution in [3.8, 4) is 11.5 Å². The number of rotatable bonds is 6. The SMILES string of the molecule is COc1ccc(C(=O)NCCc2cc3c(C)ccc(C)c3[nH]c2=O)c(OC)c1. The summed E-state index contributed by atoms with van der Waals surface area (Å²) < 4.78 is 10.4. The Morgan fingerprint density at radius 1 is 1.04 bits per heavy atom. The van der Waals surface area contributed by atoms with Crippen molar-refractivity contribution in [2.45, 2.75) is 20.3 Å². The number of carbonyl (C=O) groups is 1. The Morgan fingerprint density at radius 2 is 1.79 bits per heavy atom. The van der Waals surface area contributed by atoms with Gasteiger partial charge in [0.05, 0.1) is 25.3 Å². The summed E-state index contributed by atoms with van der Waals surface area (Å²) in [5, 5.41) is 3.87. The largest absolute Gasteiger partial charge is 0.497 e. The van der Waals surface area contributed by atoms with Crippen LogP contribution in [0.15, 0.2) is 41.2 Å². The predicted octanol–water partition coefficient (Wildman–Crippen LogP) is 3.13. The Bertz CT molecular complexity index is 1090. The van der Waals surface area contributed by atoms with Crippen molar-refractivity contribution in [3.63, 3.8) is 0 Å². The molecular weight excluding hydrogens is 356 g/mol. The second-order valence-corrected chi connectivity index (χ2v) is 6.68. The second kappa shape index (κ2) is 8.17. The summed E-state index contributed by atoms with van der Waals surface area (Å²) in [5.74, 6) is 0.789. The summed E-state index contributed by atoms with van der Waals surface area (Å²) >= 11 is 0. The van der Waals surface area contributed by atoms with E-state index < -0.39 is 0 Å². The van der Waals surface area contributed by atoms with E-state index in [1.807, 2.05) is 32.0 Å². The highest BCUT2D eigenvalue weighted by Gasteiger charge is 2.13. The number of amides is 1. The van der Waals surface area contributed by atoms with E-state index in [-0.39, 0.29) is 11.5 Å². The first-order valence-corrected chi connectivity index (χ1v) is 9.07. The lowest BCUT2D eigenvalue weighted by Gasteiger charge is -2.11. The van der Waals surface area contributed by atoms with Gasteiger partial charge in [0, 0.05) is 23.6 Å². The van der Waals surface area contributed by atoms with Crippen LogP contribution in [0.1, 0.15) is 27.0 Å². The van der Waals surface area contributed by atoms with Gasteiger partial charge in [-0.3, -0.25) is 9.59 Å². The Morgan fingerprint density at radius 3 is 2.50 bits per heavy atom. The van der Waals surface area contributed by atoms with E-state index >= 15 is 0 Å². The number of aromatic nitrogens is 1. The van der Waals surface area contributed by atoms with E-state index in [1.54, 1.807) is 25.3 Å². The third kappa shape index (κ3) is 3.86. The number of aromatic amines is 1. The number of fused-ring (bicyclic) bond motifs is 1. The lowest BCUT2D eigenvalue weighted by atomic mass is 10.0. The summed E-state index contributed by atoms with van der Waals surface area (Å²) in [6.07, 6.45) is 0.433. The van der Waals surface area contributed by atoms with Gasteiger partial charge in [0.15, 0.2) is 0 Å². The van der Waals surface area contributed by atoms with Crippen LogP contribution in [0, 0.1) is 13.8 Å². The molecule has 28 heavy (non-hydrogen) atoms. The van der Waals surface area contributed by atoms with Crippen LogP contribution < -0.4 is 20.3 Å². The van der Waals surface area contributed by atoms with E-state index in [4.69, 9.17) is 9.47 Å². The van der Waals surface area contributed by atoms with E-state index in [0.29, 0.717) is 35.6 Å². The number of nitrogens with one attached hydrogen (secondary N) is 2. The minimum atomic E-state index is -0.260. The van der Waals surface area contributed by atoms with E-state index in [2.05, 4.69) is 10.3 Å². The fourth-order valence-electron chi connectivity index (χ4n) is 3.20. The molecule has 0 unspecified atom stereocenters. The maximum atomic E-state index is 12.5. The van der Waals surface area contributed by atoms with Gasteiger partial charge >= 0.3 is 0 Å². The third-order valence-corrected chi connectivity index (χ3v) is 4.85. The molecule has 146 valence electrons. The Balaban J connectivity index is 1.75. The molecule has 0 aliphatic heterocycles. The molecule has 1 heterocycles. The zero-order valence-corrected chi connectivity index (χ0v) is 16.5. The number of aryl methyl sites for hydroxylation is 2. The minimum Gasteiger partial charge on any atom is -0.497 e. The number of methoxy groups -OCH3 is 2. The Kier molecular flexibility index (Phi) is 5.68. The number of carbonyl (C=O) groups excluding carboxylic acids is 1. The standard InChI is InChI=1S/C22H24N2O4/c1-13-5-6-14(2)20-18(13)11-15(21(25)24-20)9-10-23-22(26)17-8-7-16(27-3)12-19(17)28-4/h5-8,11-12H,9-10H2,1-4H3,(H,23,26)(H,24,25). The van der Waals surface area contributed by atoms with E-state index in [0.717, 1.165) is 22.0 Å². The molecule has 0 saturated heterocycles. The molecule has 0 saturated carbocycles. The molecule has 1 aromatic heterocycles. The van der Waals surface area contributed by atoms with Crippen LogP contribution in [-0.4, -0.2) is 31.7 Å². The van der Waals surface area contributed by atoms with Gasteiger partial charge in [-0.15, -0.1) is 0 Å². The number of H-pyrrole nitrogens is 1. The summed E-state index contributed by atoms with van der Waals surface area (Å²) in [4.78, 5) is 27.9. The lowest BCUT2D eigenvalue weighted by Crippen LogP contribution is -2.27. The lowest BCUT2D eigenvalue weighted by molar-refractivity contribution is 0.0951. The molecule has 0 aliphatic rings. The summed E-state index contributed by atoms with van der Waals surface area (Å²) in [7, 11) is 3.06. The molecule has 3 aromatic rings. The van der Waals surface area contributed by atoms with Crippen molar-refractivity contribution in [1.29, 1.82) is 0 Å². The monoisotopic (exact) mass is 380 g/mol. The van der Waals surface area contributed by atoms with E-state index in [9.17, 15) is 9.59 Å². The number of hydrogen-bond acceptors (Lipinski definition) is 4. The van der Waals surface area contributed by atoms with Gasteiger partial charge in [0.2, 0.25) is 0 Å². The van der Waals surface area contributed by atoms with Crippen LogP contribution in [0.3, 0.4) is 0 Å². The van der Waals surface area contributed by atoms with Gasteiger partial charge in [0.1, 0.15) is 11.5 Å². The number of ether oxygens (including phenoxy) is 2. The van der Waals surface area contributed by atoms with Crippen molar-refractivity contribution in [3.05, 3.63) is 69.0 Å². The molecule has 2 N–H and O–H groups in total. The van der Waals surface area contributed by atoms with Gasteiger partial charge < -0.3 is 19.8 Å². The maximum absolute atomic E-state index is 12.5. The van der Waals surface area contributed by atoms with Gasteiger partial charge in [-0.25, -0.2) is 0 Å². The highest BCUT2D eigenvalue weighted by Crippen LogP contribution is 2.24. The van der Waals surface area contributed by atoms with Crippen molar-refractivity contribution in [1.82, 2.24) is 10.3 Å². The van der Waals surface area contributed by atoms with Crippen molar-refractivity contribution in [2.24, 2.45) is 0 Å². The molecule has 0 atom stereocenters. The zero-order valence-electron chi connectivity index (χ0n) is 16.5.